The van der Waals surface area contributed by atoms with Crippen LogP contribution in [-0.2, 0) is 0 Å². The smallest absolute Gasteiger partial charge is 0.112 e. The van der Waals surface area contributed by atoms with E-state index in [4.69, 9.17) is 8.22 Å². The molecule has 0 radical (unpaired) electrons. The zero-order chi connectivity index (χ0) is 22.5. The van der Waals surface area contributed by atoms with Crippen molar-refractivity contribution in [2.45, 2.75) is 26.5 Å². The molecule has 0 unspecified atom stereocenters. The lowest BCUT2D eigenvalue weighted by molar-refractivity contribution is -0.00000514. The van der Waals surface area contributed by atoms with Crippen LogP contribution in [0.25, 0.3) is 0 Å². The van der Waals surface area contributed by atoms with Gasteiger partial charge in [0.25, 0.3) is 0 Å². The molecule has 0 atom stereocenters. The molecule has 0 bridgehead atoms. The van der Waals surface area contributed by atoms with Gasteiger partial charge in [-0.2, -0.15) is 0 Å². The van der Waals surface area contributed by atoms with Crippen molar-refractivity contribution in [3.05, 3.63) is 91.0 Å². The molecule has 3 aromatic carbocycles. The molecular formula is C24H28BrP. The first-order chi connectivity index (χ1) is 14.7. The van der Waals surface area contributed by atoms with Crippen molar-refractivity contribution in [1.29, 1.82) is 0 Å². The van der Waals surface area contributed by atoms with E-state index in [0.29, 0.717) is 12.6 Å². The van der Waals surface area contributed by atoms with Gasteiger partial charge < -0.3 is 17.0 Å². The van der Waals surface area contributed by atoms with E-state index >= 15 is 0 Å². The predicted octanol–water partition coefficient (Wildman–Crippen LogP) is 2.42. The number of hydrogen-bond donors (Lipinski definition) is 0. The summed E-state index contributed by atoms with van der Waals surface area (Å²) in [4.78, 5) is 0. The number of halogens is 1. The fraction of sp³-hybridized carbons (Fsp3) is 0.250. The molecule has 2 heteroatoms. The Morgan fingerprint density at radius 2 is 1.08 bits per heavy atom. The molecule has 136 valence electrons. The van der Waals surface area contributed by atoms with Crippen LogP contribution in [0.4, 0.5) is 0 Å². The third-order valence-corrected chi connectivity index (χ3v) is 9.10. The molecule has 0 fully saturated rings. The van der Waals surface area contributed by atoms with Gasteiger partial charge in [-0.15, -0.1) is 0 Å². The Bertz CT molecular complexity index is 832. The van der Waals surface area contributed by atoms with Crippen LogP contribution >= 0.6 is 7.26 Å². The lowest BCUT2D eigenvalue weighted by atomic mass is 10.1. The maximum Gasteiger partial charge on any atom is 0.112 e. The van der Waals surface area contributed by atoms with Gasteiger partial charge in [-0.25, -0.2) is 0 Å². The normalized spacial score (nSPS) is 15.6. The Kier molecular flexibility index (Phi) is 5.29. The lowest BCUT2D eigenvalue weighted by Crippen LogP contribution is -3.00. The predicted molar refractivity (Wildman–Crippen MR) is 114 cm³/mol. The summed E-state index contributed by atoms with van der Waals surface area (Å²) in [6.45, 7) is -5.00. The second kappa shape index (κ2) is 10.0. The zero-order valence-corrected chi connectivity index (χ0v) is 17.2. The molecule has 0 aliphatic heterocycles. The minimum Gasteiger partial charge on any atom is -1.00 e. The summed E-state index contributed by atoms with van der Waals surface area (Å²) in [5.41, 5.74) is 0. The summed E-state index contributed by atoms with van der Waals surface area (Å²) in [6, 6.07) is 31.0. The topological polar surface area (TPSA) is 0 Å². The third-order valence-electron chi connectivity index (χ3n) is 4.58. The summed E-state index contributed by atoms with van der Waals surface area (Å²) < 4.78 is 46.5. The summed E-state index contributed by atoms with van der Waals surface area (Å²) in [5, 5.41) is 3.64. The van der Waals surface area contributed by atoms with Gasteiger partial charge in [0, 0.05) is 8.22 Å². The van der Waals surface area contributed by atoms with Crippen LogP contribution in [0.1, 0.15) is 34.8 Å². The van der Waals surface area contributed by atoms with Crippen LogP contribution in [0.5, 0.6) is 0 Å². The first-order valence-corrected chi connectivity index (χ1v) is 10.7. The molecule has 3 rings (SSSR count). The van der Waals surface area contributed by atoms with Gasteiger partial charge in [0.05, 0.1) is 6.16 Å². The fourth-order valence-electron chi connectivity index (χ4n) is 3.41. The van der Waals surface area contributed by atoms with Crippen LogP contribution in [0.15, 0.2) is 91.0 Å². The first-order valence-electron chi connectivity index (χ1n) is 11.7. The molecule has 3 aromatic rings. The zero-order valence-electron chi connectivity index (χ0n) is 20.7. The van der Waals surface area contributed by atoms with Gasteiger partial charge in [0.1, 0.15) is 23.2 Å². The van der Waals surface area contributed by atoms with Crippen molar-refractivity contribution in [2.75, 3.05) is 6.16 Å². The van der Waals surface area contributed by atoms with E-state index in [0.717, 1.165) is 0 Å². The summed E-state index contributed by atoms with van der Waals surface area (Å²) in [6.07, 6.45) is 1.38. The van der Waals surface area contributed by atoms with Gasteiger partial charge in [-0.3, -0.25) is 0 Å². The summed E-state index contributed by atoms with van der Waals surface area (Å²) in [5.74, 6) is -1.32. The molecule has 0 nitrogen and oxygen atoms in total. The minimum absolute atomic E-state index is 0. The van der Waals surface area contributed by atoms with E-state index in [-0.39, 0.29) is 23.4 Å². The standard InChI is InChI=1S/C24H28P.BrH/c1-21(2)13-12-20-25(22-14-6-3-7-15-22,23-16-8-4-9-17-23)24-18-10-5-11-19-24;/h3-11,14-19,21H,12-13,20H2,1-2H3;1H/q+1;/p-1/i1D3,2D3;. The Morgan fingerprint density at radius 1 is 0.692 bits per heavy atom. The minimum atomic E-state index is -2.50. The summed E-state index contributed by atoms with van der Waals surface area (Å²) >= 11 is 0. The fourth-order valence-corrected chi connectivity index (χ4v) is 7.78. The van der Waals surface area contributed by atoms with Crippen LogP contribution in [-0.4, -0.2) is 6.16 Å². The molecule has 0 heterocycles. The SMILES string of the molecule is [2H]C([2H])([2H])C(CCC[P+](c1ccccc1)(c1ccccc1)c1ccccc1)C([2H])([2H])[2H].[Br-]. The highest BCUT2D eigenvalue weighted by Gasteiger charge is 2.44. The van der Waals surface area contributed by atoms with Crippen LogP contribution < -0.4 is 32.9 Å². The van der Waals surface area contributed by atoms with Gasteiger partial charge in [-0.1, -0.05) is 68.3 Å². The van der Waals surface area contributed by atoms with E-state index in [1.807, 2.05) is 54.6 Å². The molecule has 0 aliphatic carbocycles. The Labute approximate surface area is 178 Å². The highest BCUT2D eigenvalue weighted by Crippen LogP contribution is 2.56. The molecule has 0 aromatic heterocycles. The lowest BCUT2D eigenvalue weighted by Gasteiger charge is -2.28. The Hall–Kier alpha value is -1.43. The average Bonchev–Trinajstić information content (AvgIpc) is 2.74. The molecule has 0 saturated heterocycles. The van der Waals surface area contributed by atoms with E-state index in [2.05, 4.69) is 36.4 Å². The largest absolute Gasteiger partial charge is 1.00 e. The molecule has 0 saturated carbocycles. The molecular weight excluding hydrogens is 399 g/mol. The van der Waals surface area contributed by atoms with Crippen molar-refractivity contribution in [3.8, 4) is 0 Å². The second-order valence-corrected chi connectivity index (χ2v) is 9.85. The number of benzene rings is 3. The third kappa shape index (κ3) is 4.64. The maximum atomic E-state index is 7.75. The Balaban J connectivity index is 0.00000363. The molecule has 0 amide bonds. The number of rotatable bonds is 7. The van der Waals surface area contributed by atoms with Crippen LogP contribution in [0.3, 0.4) is 0 Å². The monoisotopic (exact) mass is 432 g/mol. The maximum absolute atomic E-state index is 7.75. The first kappa shape index (κ1) is 13.7. The van der Waals surface area contributed by atoms with E-state index < -0.39 is 26.9 Å². The molecule has 0 aliphatic rings. The van der Waals surface area contributed by atoms with Gasteiger partial charge >= 0.3 is 0 Å². The van der Waals surface area contributed by atoms with Crippen molar-refractivity contribution >= 4 is 23.2 Å². The molecule has 0 spiro atoms. The Morgan fingerprint density at radius 3 is 1.42 bits per heavy atom. The summed E-state index contributed by atoms with van der Waals surface area (Å²) in [7, 11) is -2.08. The number of hydrogen-bond acceptors (Lipinski definition) is 0. The van der Waals surface area contributed by atoms with Crippen molar-refractivity contribution in [3.63, 3.8) is 0 Å². The van der Waals surface area contributed by atoms with E-state index in [9.17, 15) is 0 Å². The average molecular weight is 433 g/mol. The quantitative estimate of drug-likeness (QED) is 0.503. The van der Waals surface area contributed by atoms with Gasteiger partial charge in [0.2, 0.25) is 0 Å². The van der Waals surface area contributed by atoms with E-state index in [1.165, 1.54) is 15.9 Å². The molecule has 0 N–H and O–H groups in total. The van der Waals surface area contributed by atoms with Crippen molar-refractivity contribution in [1.82, 2.24) is 0 Å². The van der Waals surface area contributed by atoms with Crippen molar-refractivity contribution < 1.29 is 25.2 Å². The second-order valence-electron chi connectivity index (χ2n) is 6.23. The van der Waals surface area contributed by atoms with E-state index in [1.54, 1.807) is 0 Å². The molecule has 26 heavy (non-hydrogen) atoms. The van der Waals surface area contributed by atoms with Crippen molar-refractivity contribution in [2.24, 2.45) is 5.92 Å². The van der Waals surface area contributed by atoms with Crippen LogP contribution in [0.2, 0.25) is 0 Å². The highest BCUT2D eigenvalue weighted by molar-refractivity contribution is 7.95. The van der Waals surface area contributed by atoms with Crippen LogP contribution in [0, 0.1) is 5.92 Å². The van der Waals surface area contributed by atoms with Gasteiger partial charge in [-0.05, 0) is 55.2 Å². The van der Waals surface area contributed by atoms with Gasteiger partial charge in [0.15, 0.2) is 0 Å². The highest BCUT2D eigenvalue weighted by atomic mass is 79.9.